The summed E-state index contributed by atoms with van der Waals surface area (Å²) in [6.07, 6.45) is 4.46. The lowest BCUT2D eigenvalue weighted by atomic mass is 9.93. The largest absolute Gasteiger partial charge is 0.395 e. The van der Waals surface area contributed by atoms with Gasteiger partial charge in [-0.25, -0.2) is 0 Å². The number of hydrogen-bond donors (Lipinski definition) is 2. The predicted molar refractivity (Wildman–Crippen MR) is 99.1 cm³/mol. The van der Waals surface area contributed by atoms with Gasteiger partial charge in [-0.2, -0.15) is 0 Å². The van der Waals surface area contributed by atoms with E-state index >= 15 is 0 Å². The maximum Gasteiger partial charge on any atom is 0.224 e. The molecule has 1 atom stereocenters. The molecule has 0 spiro atoms. The average molecular weight is 345 g/mol. The third kappa shape index (κ3) is 5.27. The van der Waals surface area contributed by atoms with Crippen molar-refractivity contribution in [2.45, 2.75) is 38.3 Å². The minimum atomic E-state index is 0.0159. The molecule has 2 heterocycles. The number of hydrogen-bond acceptors (Lipinski definition) is 4. The molecule has 3 rings (SSSR count). The van der Waals surface area contributed by atoms with E-state index in [-0.39, 0.29) is 18.4 Å². The molecule has 5 heteroatoms. The average Bonchev–Trinajstić information content (AvgIpc) is 2.67. The summed E-state index contributed by atoms with van der Waals surface area (Å²) in [4.78, 5) is 17.3. The number of aliphatic hydroxyl groups excluding tert-OH is 1. The van der Waals surface area contributed by atoms with Gasteiger partial charge in [0, 0.05) is 25.7 Å². The van der Waals surface area contributed by atoms with Crippen molar-refractivity contribution in [1.29, 1.82) is 0 Å². The number of nitrogens with zero attached hydrogens (tertiary/aromatic N) is 2. The second kappa shape index (κ2) is 9.32. The van der Waals surface area contributed by atoms with Crippen LogP contribution in [0.5, 0.6) is 0 Å². The summed E-state index contributed by atoms with van der Waals surface area (Å²) >= 11 is 0. The van der Waals surface area contributed by atoms with E-state index in [1.54, 1.807) is 0 Å². The van der Waals surface area contributed by atoms with Crippen LogP contribution in [0.1, 0.15) is 31.2 Å². The van der Waals surface area contributed by atoms with Gasteiger partial charge < -0.3 is 10.4 Å². The summed E-state index contributed by atoms with van der Waals surface area (Å²) in [5.41, 5.74) is 1.39. The maximum absolute atomic E-state index is 12.2. The van der Waals surface area contributed by atoms with Crippen LogP contribution in [-0.2, 0) is 11.3 Å². The van der Waals surface area contributed by atoms with Crippen LogP contribution in [0.25, 0.3) is 0 Å². The van der Waals surface area contributed by atoms with Gasteiger partial charge in [0.05, 0.1) is 12.5 Å². The van der Waals surface area contributed by atoms with E-state index in [2.05, 4.69) is 45.4 Å². The molecule has 1 aromatic carbocycles. The lowest BCUT2D eigenvalue weighted by Gasteiger charge is -2.42. The first kappa shape index (κ1) is 18.4. The Balaban J connectivity index is 1.45. The number of piperidine rings is 2. The Morgan fingerprint density at radius 1 is 1.12 bits per heavy atom. The number of nitrogens with one attached hydrogen (secondary N) is 1. The van der Waals surface area contributed by atoms with Crippen LogP contribution in [0.15, 0.2) is 30.3 Å². The topological polar surface area (TPSA) is 55.8 Å². The quantitative estimate of drug-likeness (QED) is 0.820. The smallest absolute Gasteiger partial charge is 0.224 e. The van der Waals surface area contributed by atoms with E-state index in [4.69, 9.17) is 5.11 Å². The Morgan fingerprint density at radius 3 is 2.60 bits per heavy atom. The van der Waals surface area contributed by atoms with Crippen LogP contribution < -0.4 is 5.32 Å². The summed E-state index contributed by atoms with van der Waals surface area (Å²) < 4.78 is 0. The van der Waals surface area contributed by atoms with Gasteiger partial charge in [0.25, 0.3) is 0 Å². The fourth-order valence-corrected chi connectivity index (χ4v) is 4.16. The number of benzene rings is 1. The van der Waals surface area contributed by atoms with Crippen LogP contribution in [0, 0.1) is 5.92 Å². The summed E-state index contributed by atoms with van der Waals surface area (Å²) in [5, 5.41) is 11.7. The van der Waals surface area contributed by atoms with Gasteiger partial charge >= 0.3 is 0 Å². The normalized spacial score (nSPS) is 23.5. The standard InChI is InChI=1S/C20H31N3O2/c24-14-10-21-20(25)18-7-4-11-23(16-18)19-8-12-22(13-9-19)15-17-5-2-1-3-6-17/h1-3,5-6,18-19,24H,4,7-16H2,(H,21,25)/t18-/m0/s1. The molecule has 138 valence electrons. The first-order valence-corrected chi connectivity index (χ1v) is 9.65. The maximum atomic E-state index is 12.2. The highest BCUT2D eigenvalue weighted by atomic mass is 16.3. The van der Waals surface area contributed by atoms with E-state index in [9.17, 15) is 4.79 Å². The number of carbonyl (C=O) groups is 1. The van der Waals surface area contributed by atoms with Crippen molar-refractivity contribution in [3.05, 3.63) is 35.9 Å². The molecule has 0 bridgehead atoms. The molecular formula is C20H31N3O2. The highest BCUT2D eigenvalue weighted by molar-refractivity contribution is 5.78. The van der Waals surface area contributed by atoms with Gasteiger partial charge in [0.2, 0.25) is 5.91 Å². The molecule has 0 aromatic heterocycles. The number of rotatable bonds is 6. The van der Waals surface area contributed by atoms with Gasteiger partial charge in [0.1, 0.15) is 0 Å². The summed E-state index contributed by atoms with van der Waals surface area (Å²) in [5.74, 6) is 0.197. The van der Waals surface area contributed by atoms with Gasteiger partial charge in [-0.1, -0.05) is 30.3 Å². The van der Waals surface area contributed by atoms with Crippen molar-refractivity contribution >= 4 is 5.91 Å². The molecule has 2 fully saturated rings. The monoisotopic (exact) mass is 345 g/mol. The number of likely N-dealkylation sites (tertiary alicyclic amines) is 2. The molecule has 2 aliphatic heterocycles. The third-order valence-electron chi connectivity index (χ3n) is 5.56. The van der Waals surface area contributed by atoms with E-state index in [1.165, 1.54) is 18.4 Å². The van der Waals surface area contributed by atoms with Crippen LogP contribution in [-0.4, -0.2) is 66.2 Å². The van der Waals surface area contributed by atoms with Crippen LogP contribution >= 0.6 is 0 Å². The Labute approximate surface area is 151 Å². The second-order valence-corrected chi connectivity index (χ2v) is 7.34. The van der Waals surface area contributed by atoms with E-state index in [1.807, 2.05) is 0 Å². The van der Waals surface area contributed by atoms with Gasteiger partial charge in [0.15, 0.2) is 0 Å². The number of aliphatic hydroxyl groups is 1. The molecule has 1 amide bonds. The minimum absolute atomic E-state index is 0.0159. The first-order chi connectivity index (χ1) is 12.3. The molecule has 0 aliphatic carbocycles. The van der Waals surface area contributed by atoms with Gasteiger partial charge in [-0.3, -0.25) is 14.6 Å². The Kier molecular flexibility index (Phi) is 6.84. The molecule has 0 unspecified atom stereocenters. The minimum Gasteiger partial charge on any atom is -0.395 e. The van der Waals surface area contributed by atoms with Crippen molar-refractivity contribution in [2.75, 3.05) is 39.3 Å². The fraction of sp³-hybridized carbons (Fsp3) is 0.650. The van der Waals surface area contributed by atoms with Crippen molar-refractivity contribution in [1.82, 2.24) is 15.1 Å². The zero-order valence-electron chi connectivity index (χ0n) is 15.1. The predicted octanol–water partition coefficient (Wildman–Crippen LogP) is 1.47. The molecule has 5 nitrogen and oxygen atoms in total. The SMILES string of the molecule is O=C(NCCO)[C@H]1CCCN(C2CCN(Cc3ccccc3)CC2)C1. The van der Waals surface area contributed by atoms with E-state index < -0.39 is 0 Å². The van der Waals surface area contributed by atoms with Crippen molar-refractivity contribution < 1.29 is 9.90 Å². The summed E-state index contributed by atoms with van der Waals surface area (Å²) in [6.45, 7) is 5.69. The fourth-order valence-electron chi connectivity index (χ4n) is 4.16. The highest BCUT2D eigenvalue weighted by Crippen LogP contribution is 2.24. The Morgan fingerprint density at radius 2 is 1.88 bits per heavy atom. The van der Waals surface area contributed by atoms with Crippen molar-refractivity contribution in [3.63, 3.8) is 0 Å². The highest BCUT2D eigenvalue weighted by Gasteiger charge is 2.31. The molecule has 25 heavy (non-hydrogen) atoms. The zero-order valence-corrected chi connectivity index (χ0v) is 15.1. The van der Waals surface area contributed by atoms with Gasteiger partial charge in [-0.15, -0.1) is 0 Å². The zero-order chi connectivity index (χ0) is 17.5. The number of carbonyl (C=O) groups excluding carboxylic acids is 1. The molecule has 2 saturated heterocycles. The molecular weight excluding hydrogens is 314 g/mol. The lowest BCUT2D eigenvalue weighted by molar-refractivity contribution is -0.127. The third-order valence-corrected chi connectivity index (χ3v) is 5.56. The molecule has 2 N–H and O–H groups in total. The van der Waals surface area contributed by atoms with E-state index in [0.717, 1.165) is 45.6 Å². The van der Waals surface area contributed by atoms with Crippen LogP contribution in [0.3, 0.4) is 0 Å². The van der Waals surface area contributed by atoms with Crippen LogP contribution in [0.2, 0.25) is 0 Å². The number of amides is 1. The summed E-state index contributed by atoms with van der Waals surface area (Å²) in [6, 6.07) is 11.3. The second-order valence-electron chi connectivity index (χ2n) is 7.34. The molecule has 2 aliphatic rings. The molecule has 0 saturated carbocycles. The van der Waals surface area contributed by atoms with E-state index in [0.29, 0.717) is 12.6 Å². The summed E-state index contributed by atoms with van der Waals surface area (Å²) in [7, 11) is 0. The van der Waals surface area contributed by atoms with Crippen molar-refractivity contribution in [2.24, 2.45) is 5.92 Å². The van der Waals surface area contributed by atoms with Gasteiger partial charge in [-0.05, 0) is 50.9 Å². The molecule has 1 aromatic rings. The lowest BCUT2D eigenvalue weighted by Crippen LogP contribution is -2.50. The van der Waals surface area contributed by atoms with Crippen molar-refractivity contribution in [3.8, 4) is 0 Å². The van der Waals surface area contributed by atoms with Crippen LogP contribution in [0.4, 0.5) is 0 Å². The molecule has 0 radical (unpaired) electrons. The Hall–Kier alpha value is -1.43. The first-order valence-electron chi connectivity index (χ1n) is 9.65. The Bertz CT molecular complexity index is 529.